The van der Waals surface area contributed by atoms with Crippen LogP contribution in [-0.4, -0.2) is 14.5 Å². The average molecular weight is 750 g/mol. The highest BCUT2D eigenvalue weighted by Crippen LogP contribution is 2.40. The van der Waals surface area contributed by atoms with Crippen LogP contribution in [0.5, 0.6) is 0 Å². The van der Waals surface area contributed by atoms with Crippen LogP contribution in [0, 0.1) is 0 Å². The zero-order chi connectivity index (χ0) is 38.9. The van der Waals surface area contributed by atoms with Crippen molar-refractivity contribution in [1.29, 1.82) is 0 Å². The third kappa shape index (κ3) is 5.59. The zero-order valence-corrected chi connectivity index (χ0v) is 32.0. The van der Waals surface area contributed by atoms with Crippen LogP contribution >= 0.6 is 0 Å². The van der Waals surface area contributed by atoms with Gasteiger partial charge in [-0.3, -0.25) is 0 Å². The number of hydrogen-bond donors (Lipinski definition) is 0. The maximum Gasteiger partial charge on any atom is 0.160 e. The Labute approximate surface area is 341 Å². The fourth-order valence-corrected chi connectivity index (χ4v) is 9.00. The van der Waals surface area contributed by atoms with Crippen LogP contribution in [-0.2, 0) is 0 Å². The highest BCUT2D eigenvalue weighted by molar-refractivity contribution is 6.15. The van der Waals surface area contributed by atoms with Gasteiger partial charge >= 0.3 is 0 Å². The molecule has 0 fully saturated rings. The van der Waals surface area contributed by atoms with E-state index < -0.39 is 0 Å². The Kier molecular flexibility index (Phi) is 7.54. The molecular formula is C56H35N3. The minimum atomic E-state index is 0.693. The van der Waals surface area contributed by atoms with Gasteiger partial charge in [0.2, 0.25) is 0 Å². The second-order valence-corrected chi connectivity index (χ2v) is 15.4. The highest BCUT2D eigenvalue weighted by atomic mass is 15.0. The second-order valence-electron chi connectivity index (χ2n) is 15.4. The first-order chi connectivity index (χ1) is 29.2. The van der Waals surface area contributed by atoms with Crippen molar-refractivity contribution in [3.63, 3.8) is 0 Å². The van der Waals surface area contributed by atoms with Gasteiger partial charge in [-0.2, -0.15) is 0 Å². The monoisotopic (exact) mass is 749 g/mol. The molecule has 0 spiro atoms. The van der Waals surface area contributed by atoms with Crippen molar-refractivity contribution in [3.05, 3.63) is 212 Å². The molecule has 12 rings (SSSR count). The molecule has 12 aromatic rings. The molecule has 0 bridgehead atoms. The van der Waals surface area contributed by atoms with Gasteiger partial charge in [-0.05, 0) is 97.7 Å². The molecule has 0 N–H and O–H groups in total. The van der Waals surface area contributed by atoms with Crippen LogP contribution in [0.4, 0.5) is 0 Å². The standard InChI is InChI=1S/C56H35N3/c1-2-12-36(13-3-1)38-22-24-39(25-23-38)43-28-29-51-50(33-43)55(45-27-26-37-14-4-5-15-40(37)30-45)58-56(57-51)46-31-44-18-8-9-19-47(44)53(35-46)59-52-21-11-10-20-48(52)49-32-41-16-6-7-17-42(41)34-54(49)59/h1-35H. The zero-order valence-electron chi connectivity index (χ0n) is 32.0. The maximum atomic E-state index is 5.51. The quantitative estimate of drug-likeness (QED) is 0.175. The van der Waals surface area contributed by atoms with Gasteiger partial charge in [0.15, 0.2) is 5.82 Å². The number of nitrogens with zero attached hydrogens (tertiary/aromatic N) is 3. The molecule has 59 heavy (non-hydrogen) atoms. The molecule has 2 aromatic heterocycles. The first-order valence-electron chi connectivity index (χ1n) is 20.1. The molecule has 10 aromatic carbocycles. The van der Waals surface area contributed by atoms with Crippen molar-refractivity contribution in [1.82, 2.24) is 14.5 Å². The van der Waals surface area contributed by atoms with E-state index in [1.54, 1.807) is 0 Å². The molecule has 0 aliphatic rings. The summed E-state index contributed by atoms with van der Waals surface area (Å²) < 4.78 is 2.43. The summed E-state index contributed by atoms with van der Waals surface area (Å²) in [5.41, 5.74) is 12.0. The Morgan fingerprint density at radius 3 is 1.66 bits per heavy atom. The number of rotatable bonds is 5. The van der Waals surface area contributed by atoms with E-state index in [1.165, 1.54) is 59.9 Å². The average Bonchev–Trinajstić information content (AvgIpc) is 3.62. The van der Waals surface area contributed by atoms with Gasteiger partial charge in [0, 0.05) is 32.7 Å². The third-order valence-corrected chi connectivity index (χ3v) is 11.9. The van der Waals surface area contributed by atoms with Crippen molar-refractivity contribution >= 4 is 65.0 Å². The SMILES string of the molecule is c1ccc(-c2ccc(-c3ccc4nc(-c5cc(-n6c7ccccc7c7cc8ccccc8cc76)c6ccccc6c5)nc(-c5ccc6ccccc6c5)c4c3)cc2)cc1. The fourth-order valence-electron chi connectivity index (χ4n) is 9.00. The predicted octanol–water partition coefficient (Wildman–Crippen LogP) is 14.9. The van der Waals surface area contributed by atoms with Gasteiger partial charge in [0.25, 0.3) is 0 Å². The molecule has 3 heteroatoms. The summed E-state index contributed by atoms with van der Waals surface area (Å²) in [6.45, 7) is 0. The Bertz CT molecular complexity index is 3600. The minimum absolute atomic E-state index is 0.693. The normalized spacial score (nSPS) is 11.7. The summed E-state index contributed by atoms with van der Waals surface area (Å²) in [6.07, 6.45) is 0. The van der Waals surface area contributed by atoms with Gasteiger partial charge in [-0.1, -0.05) is 164 Å². The number of benzene rings is 10. The summed E-state index contributed by atoms with van der Waals surface area (Å²) in [7, 11) is 0. The first kappa shape index (κ1) is 33.3. The Hall–Kier alpha value is -7.88. The van der Waals surface area contributed by atoms with Crippen molar-refractivity contribution in [2.75, 3.05) is 0 Å². The topological polar surface area (TPSA) is 30.7 Å². The molecule has 0 saturated carbocycles. The second kappa shape index (κ2) is 13.4. The first-order valence-corrected chi connectivity index (χ1v) is 20.1. The lowest BCUT2D eigenvalue weighted by atomic mass is 9.97. The van der Waals surface area contributed by atoms with E-state index in [-0.39, 0.29) is 0 Å². The van der Waals surface area contributed by atoms with Gasteiger partial charge in [-0.25, -0.2) is 9.97 Å². The van der Waals surface area contributed by atoms with Gasteiger partial charge < -0.3 is 4.57 Å². The molecule has 274 valence electrons. The van der Waals surface area contributed by atoms with E-state index in [2.05, 4.69) is 217 Å². The molecular weight excluding hydrogens is 715 g/mol. The van der Waals surface area contributed by atoms with Gasteiger partial charge in [0.1, 0.15) is 0 Å². The molecule has 0 saturated heterocycles. The number of para-hydroxylation sites is 1. The van der Waals surface area contributed by atoms with E-state index in [4.69, 9.17) is 9.97 Å². The predicted molar refractivity (Wildman–Crippen MR) is 248 cm³/mol. The van der Waals surface area contributed by atoms with E-state index in [1.807, 2.05) is 0 Å². The lowest BCUT2D eigenvalue weighted by Gasteiger charge is -2.16. The number of fused-ring (bicyclic) bond motifs is 7. The van der Waals surface area contributed by atoms with Crippen molar-refractivity contribution in [3.8, 4) is 50.6 Å². The van der Waals surface area contributed by atoms with E-state index >= 15 is 0 Å². The van der Waals surface area contributed by atoms with Crippen LogP contribution in [0.2, 0.25) is 0 Å². The fraction of sp³-hybridized carbons (Fsp3) is 0. The van der Waals surface area contributed by atoms with Gasteiger partial charge in [0.05, 0.1) is 27.9 Å². The largest absolute Gasteiger partial charge is 0.309 e. The molecule has 0 atom stereocenters. The van der Waals surface area contributed by atoms with Crippen LogP contribution < -0.4 is 0 Å². The van der Waals surface area contributed by atoms with E-state index in [0.717, 1.165) is 49.9 Å². The van der Waals surface area contributed by atoms with Crippen LogP contribution in [0.3, 0.4) is 0 Å². The van der Waals surface area contributed by atoms with Crippen molar-refractivity contribution < 1.29 is 0 Å². The molecule has 0 aliphatic carbocycles. The molecule has 0 unspecified atom stereocenters. The molecule has 0 amide bonds. The summed E-state index contributed by atoms with van der Waals surface area (Å²) in [6, 6.07) is 76.4. The number of hydrogen-bond acceptors (Lipinski definition) is 2. The summed E-state index contributed by atoms with van der Waals surface area (Å²) in [5.74, 6) is 0.693. The number of aromatic nitrogens is 3. The van der Waals surface area contributed by atoms with Crippen molar-refractivity contribution in [2.24, 2.45) is 0 Å². The summed E-state index contributed by atoms with van der Waals surface area (Å²) >= 11 is 0. The molecule has 3 nitrogen and oxygen atoms in total. The van der Waals surface area contributed by atoms with E-state index in [0.29, 0.717) is 5.82 Å². The molecule has 0 radical (unpaired) electrons. The van der Waals surface area contributed by atoms with Crippen LogP contribution in [0.25, 0.3) is 116 Å². The van der Waals surface area contributed by atoms with Crippen LogP contribution in [0.15, 0.2) is 212 Å². The smallest absolute Gasteiger partial charge is 0.160 e. The Balaban J connectivity index is 1.08. The van der Waals surface area contributed by atoms with E-state index in [9.17, 15) is 0 Å². The lowest BCUT2D eigenvalue weighted by molar-refractivity contribution is 1.19. The third-order valence-electron chi connectivity index (χ3n) is 11.9. The summed E-state index contributed by atoms with van der Waals surface area (Å²) in [5, 5.41) is 10.6. The maximum absolute atomic E-state index is 5.51. The molecule has 0 aliphatic heterocycles. The van der Waals surface area contributed by atoms with Crippen LogP contribution in [0.1, 0.15) is 0 Å². The van der Waals surface area contributed by atoms with Gasteiger partial charge in [-0.15, -0.1) is 0 Å². The van der Waals surface area contributed by atoms with Crippen molar-refractivity contribution in [2.45, 2.75) is 0 Å². The minimum Gasteiger partial charge on any atom is -0.309 e. The highest BCUT2D eigenvalue weighted by Gasteiger charge is 2.19. The Morgan fingerprint density at radius 1 is 0.288 bits per heavy atom. The lowest BCUT2D eigenvalue weighted by Crippen LogP contribution is -1.99. The molecule has 2 heterocycles. The Morgan fingerprint density at radius 2 is 0.864 bits per heavy atom. The summed E-state index contributed by atoms with van der Waals surface area (Å²) in [4.78, 5) is 10.9.